The molecule has 2 rings (SSSR count). The quantitative estimate of drug-likeness (QED) is 0.761. The molecule has 0 aliphatic carbocycles. The molecular formula is C16H25N3O3. The molecule has 6 nitrogen and oxygen atoms in total. The first-order valence-corrected chi connectivity index (χ1v) is 7.59. The Hall–Kier alpha value is -1.47. The molecule has 0 spiro atoms. The zero-order valence-corrected chi connectivity index (χ0v) is 13.1. The summed E-state index contributed by atoms with van der Waals surface area (Å²) in [4.78, 5) is 16.2. The second kappa shape index (κ2) is 8.24. The minimum absolute atomic E-state index is 0.0442. The highest BCUT2D eigenvalue weighted by molar-refractivity contribution is 5.81. The molecule has 0 saturated carbocycles. The molecule has 3 N–H and O–H groups in total. The van der Waals surface area contributed by atoms with Crippen molar-refractivity contribution in [2.24, 2.45) is 5.73 Å². The fourth-order valence-corrected chi connectivity index (χ4v) is 2.72. The summed E-state index contributed by atoms with van der Waals surface area (Å²) >= 11 is 0. The number of carbonyl (C=O) groups is 1. The highest BCUT2D eigenvalue weighted by atomic mass is 16.5. The van der Waals surface area contributed by atoms with Crippen LogP contribution in [0, 0.1) is 0 Å². The van der Waals surface area contributed by atoms with E-state index >= 15 is 0 Å². The molecule has 1 fully saturated rings. The number of hydrogen-bond acceptors (Lipinski definition) is 5. The zero-order valence-electron chi connectivity index (χ0n) is 13.1. The Labute approximate surface area is 131 Å². The van der Waals surface area contributed by atoms with Gasteiger partial charge in [0.15, 0.2) is 0 Å². The van der Waals surface area contributed by atoms with Gasteiger partial charge in [0.05, 0.1) is 13.2 Å². The summed E-state index contributed by atoms with van der Waals surface area (Å²) < 4.78 is 4.93. The lowest BCUT2D eigenvalue weighted by atomic mass is 10.1. The SMILES string of the molecule is COC[C@H](N)C(=O)N1CCN(Cc2ccccc2CO)CC1. The number of nitrogens with zero attached hydrogens (tertiary/aromatic N) is 2. The van der Waals surface area contributed by atoms with Gasteiger partial charge in [0.1, 0.15) is 6.04 Å². The van der Waals surface area contributed by atoms with Crippen LogP contribution in [0.3, 0.4) is 0 Å². The van der Waals surface area contributed by atoms with Crippen molar-refractivity contribution >= 4 is 5.91 Å². The van der Waals surface area contributed by atoms with E-state index in [1.54, 1.807) is 12.0 Å². The van der Waals surface area contributed by atoms with E-state index in [9.17, 15) is 9.90 Å². The number of rotatable bonds is 6. The van der Waals surface area contributed by atoms with Crippen LogP contribution >= 0.6 is 0 Å². The normalized spacial score (nSPS) is 17.5. The number of piperazine rings is 1. The molecule has 22 heavy (non-hydrogen) atoms. The maximum Gasteiger partial charge on any atom is 0.241 e. The Morgan fingerprint density at radius 1 is 1.27 bits per heavy atom. The number of aliphatic hydroxyl groups is 1. The first kappa shape index (κ1) is 16.9. The molecule has 1 aromatic carbocycles. The van der Waals surface area contributed by atoms with Gasteiger partial charge in [0.2, 0.25) is 5.91 Å². The number of hydrogen-bond donors (Lipinski definition) is 2. The Bertz CT molecular complexity index is 487. The van der Waals surface area contributed by atoms with E-state index in [2.05, 4.69) is 4.90 Å². The monoisotopic (exact) mass is 307 g/mol. The van der Waals surface area contributed by atoms with Crippen molar-refractivity contribution in [3.63, 3.8) is 0 Å². The average Bonchev–Trinajstić information content (AvgIpc) is 2.55. The number of nitrogens with two attached hydrogens (primary N) is 1. The minimum atomic E-state index is -0.577. The first-order valence-electron chi connectivity index (χ1n) is 7.59. The second-order valence-electron chi connectivity index (χ2n) is 5.59. The van der Waals surface area contributed by atoms with Crippen molar-refractivity contribution in [1.29, 1.82) is 0 Å². The van der Waals surface area contributed by atoms with Crippen LogP contribution in [-0.2, 0) is 22.7 Å². The molecule has 1 aliphatic rings. The molecule has 1 aliphatic heterocycles. The molecular weight excluding hydrogens is 282 g/mol. The lowest BCUT2D eigenvalue weighted by Crippen LogP contribution is -2.53. The molecule has 1 heterocycles. The predicted octanol–water partition coefficient (Wildman–Crippen LogP) is -0.203. The van der Waals surface area contributed by atoms with Crippen molar-refractivity contribution < 1.29 is 14.6 Å². The highest BCUT2D eigenvalue weighted by Gasteiger charge is 2.25. The standard InChI is InChI=1S/C16H25N3O3/c1-22-12-15(17)16(21)19-8-6-18(7-9-19)10-13-4-2-3-5-14(13)11-20/h2-5,15,20H,6-12,17H2,1H3/t15-/m0/s1. The summed E-state index contributed by atoms with van der Waals surface area (Å²) in [5.41, 5.74) is 7.90. The Morgan fingerprint density at radius 2 is 1.91 bits per heavy atom. The summed E-state index contributed by atoms with van der Waals surface area (Å²) in [5.74, 6) is -0.0442. The summed E-state index contributed by atoms with van der Waals surface area (Å²) in [7, 11) is 1.55. The van der Waals surface area contributed by atoms with E-state index in [0.29, 0.717) is 13.1 Å². The van der Waals surface area contributed by atoms with Gasteiger partial charge in [-0.25, -0.2) is 0 Å². The zero-order chi connectivity index (χ0) is 15.9. The molecule has 1 atom stereocenters. The number of carbonyl (C=O) groups excluding carboxylic acids is 1. The van der Waals surface area contributed by atoms with Crippen LogP contribution in [0.5, 0.6) is 0 Å². The van der Waals surface area contributed by atoms with E-state index < -0.39 is 6.04 Å². The van der Waals surface area contributed by atoms with Crippen LogP contribution < -0.4 is 5.73 Å². The number of benzene rings is 1. The van der Waals surface area contributed by atoms with E-state index in [4.69, 9.17) is 10.5 Å². The van der Waals surface area contributed by atoms with Crippen LogP contribution in [0.2, 0.25) is 0 Å². The molecule has 1 amide bonds. The maximum absolute atomic E-state index is 12.1. The Kier molecular flexibility index (Phi) is 6.33. The topological polar surface area (TPSA) is 79.0 Å². The van der Waals surface area contributed by atoms with Gasteiger partial charge < -0.3 is 20.5 Å². The molecule has 1 saturated heterocycles. The summed E-state index contributed by atoms with van der Waals surface area (Å²) in [6.45, 7) is 4.08. The van der Waals surface area contributed by atoms with Crippen LogP contribution in [0.25, 0.3) is 0 Å². The smallest absolute Gasteiger partial charge is 0.241 e. The molecule has 0 radical (unpaired) electrons. The van der Waals surface area contributed by atoms with E-state index in [0.717, 1.165) is 30.8 Å². The molecule has 1 aromatic rings. The van der Waals surface area contributed by atoms with Gasteiger partial charge in [-0.3, -0.25) is 9.69 Å². The fraction of sp³-hybridized carbons (Fsp3) is 0.562. The van der Waals surface area contributed by atoms with Crippen molar-refractivity contribution in [2.45, 2.75) is 19.2 Å². The van der Waals surface area contributed by atoms with Gasteiger partial charge >= 0.3 is 0 Å². The van der Waals surface area contributed by atoms with Crippen molar-refractivity contribution in [3.8, 4) is 0 Å². The molecule has 0 bridgehead atoms. The minimum Gasteiger partial charge on any atom is -0.392 e. The number of aliphatic hydroxyl groups excluding tert-OH is 1. The third kappa shape index (κ3) is 4.27. The van der Waals surface area contributed by atoms with Gasteiger partial charge in [0.25, 0.3) is 0 Å². The number of ether oxygens (including phenoxy) is 1. The lowest BCUT2D eigenvalue weighted by Gasteiger charge is -2.36. The molecule has 0 aromatic heterocycles. The van der Waals surface area contributed by atoms with Gasteiger partial charge in [-0.2, -0.15) is 0 Å². The van der Waals surface area contributed by atoms with Crippen LogP contribution in [-0.4, -0.2) is 66.8 Å². The van der Waals surface area contributed by atoms with Crippen LogP contribution in [0.15, 0.2) is 24.3 Å². The van der Waals surface area contributed by atoms with E-state index in [1.165, 1.54) is 0 Å². The van der Waals surface area contributed by atoms with Gasteiger partial charge in [-0.15, -0.1) is 0 Å². The molecule has 6 heteroatoms. The third-order valence-corrected chi connectivity index (χ3v) is 4.03. The predicted molar refractivity (Wildman–Crippen MR) is 84.1 cm³/mol. The van der Waals surface area contributed by atoms with Crippen molar-refractivity contribution in [3.05, 3.63) is 35.4 Å². The second-order valence-corrected chi connectivity index (χ2v) is 5.59. The lowest BCUT2D eigenvalue weighted by molar-refractivity contribution is -0.135. The van der Waals surface area contributed by atoms with Gasteiger partial charge in [-0.1, -0.05) is 24.3 Å². The maximum atomic E-state index is 12.1. The fourth-order valence-electron chi connectivity index (χ4n) is 2.72. The number of methoxy groups -OCH3 is 1. The average molecular weight is 307 g/mol. The summed E-state index contributed by atoms with van der Waals surface area (Å²) in [5, 5.41) is 9.38. The third-order valence-electron chi connectivity index (χ3n) is 4.03. The van der Waals surface area contributed by atoms with Crippen LogP contribution in [0.1, 0.15) is 11.1 Å². The molecule has 122 valence electrons. The summed E-state index contributed by atoms with van der Waals surface area (Å²) in [6.07, 6.45) is 0. The van der Waals surface area contributed by atoms with Gasteiger partial charge in [-0.05, 0) is 11.1 Å². The van der Waals surface area contributed by atoms with Crippen LogP contribution in [0.4, 0.5) is 0 Å². The summed E-state index contributed by atoms with van der Waals surface area (Å²) in [6, 6.07) is 7.32. The first-order chi connectivity index (χ1) is 10.7. The molecule has 0 unspecified atom stereocenters. The van der Waals surface area contributed by atoms with Crippen molar-refractivity contribution in [1.82, 2.24) is 9.80 Å². The van der Waals surface area contributed by atoms with Crippen molar-refractivity contribution in [2.75, 3.05) is 39.9 Å². The van der Waals surface area contributed by atoms with Gasteiger partial charge in [0, 0.05) is 39.8 Å². The Morgan fingerprint density at radius 3 is 2.50 bits per heavy atom. The largest absolute Gasteiger partial charge is 0.392 e. The number of amides is 1. The highest BCUT2D eigenvalue weighted by Crippen LogP contribution is 2.13. The van der Waals surface area contributed by atoms with E-state index in [-0.39, 0.29) is 19.1 Å². The van der Waals surface area contributed by atoms with E-state index in [1.807, 2.05) is 24.3 Å². The Balaban J connectivity index is 1.86.